The Morgan fingerprint density at radius 2 is 1.87 bits per heavy atom. The molecule has 1 amide bonds. The van der Waals surface area contributed by atoms with Crippen molar-refractivity contribution in [3.8, 4) is 11.5 Å². The van der Waals surface area contributed by atoms with Crippen LogP contribution in [0.25, 0.3) is 0 Å². The first kappa shape index (κ1) is 16.6. The summed E-state index contributed by atoms with van der Waals surface area (Å²) in [6, 6.07) is 11.5. The lowest BCUT2D eigenvalue weighted by Crippen LogP contribution is -2.17. The van der Waals surface area contributed by atoms with E-state index in [1.54, 1.807) is 43.5 Å². The van der Waals surface area contributed by atoms with E-state index in [1.165, 1.54) is 13.2 Å². The second kappa shape index (κ2) is 8.03. The van der Waals surface area contributed by atoms with Crippen LogP contribution in [0.2, 0.25) is 0 Å². The van der Waals surface area contributed by atoms with Gasteiger partial charge in [-0.25, -0.2) is 4.39 Å². The van der Waals surface area contributed by atoms with Gasteiger partial charge >= 0.3 is 0 Å². The zero-order chi connectivity index (χ0) is 16.7. The number of anilines is 2. The Labute approximate surface area is 134 Å². The third kappa shape index (κ3) is 4.60. The fourth-order valence-corrected chi connectivity index (χ4v) is 2.03. The van der Waals surface area contributed by atoms with Crippen molar-refractivity contribution >= 4 is 17.3 Å². The number of methoxy groups -OCH3 is 2. The quantitative estimate of drug-likeness (QED) is 0.822. The molecule has 0 aromatic heterocycles. The SMILES string of the molecule is COc1ccc(NC(=O)CCNc2ccccc2F)c(OC)c1. The van der Waals surface area contributed by atoms with E-state index in [2.05, 4.69) is 10.6 Å². The molecule has 0 saturated heterocycles. The first-order valence-corrected chi connectivity index (χ1v) is 7.14. The van der Waals surface area contributed by atoms with E-state index in [1.807, 2.05) is 0 Å². The van der Waals surface area contributed by atoms with Gasteiger partial charge in [0.1, 0.15) is 17.3 Å². The largest absolute Gasteiger partial charge is 0.497 e. The van der Waals surface area contributed by atoms with Gasteiger partial charge in [-0.1, -0.05) is 12.1 Å². The van der Waals surface area contributed by atoms with Gasteiger partial charge in [0, 0.05) is 19.0 Å². The molecular formula is C17H19FN2O3. The molecular weight excluding hydrogens is 299 g/mol. The molecule has 0 aliphatic heterocycles. The number of amides is 1. The van der Waals surface area contributed by atoms with Crippen molar-refractivity contribution in [3.05, 3.63) is 48.3 Å². The van der Waals surface area contributed by atoms with Gasteiger partial charge in [-0.2, -0.15) is 0 Å². The van der Waals surface area contributed by atoms with E-state index in [0.717, 1.165) is 0 Å². The molecule has 5 nitrogen and oxygen atoms in total. The fraction of sp³-hybridized carbons (Fsp3) is 0.235. The van der Waals surface area contributed by atoms with E-state index in [9.17, 15) is 9.18 Å². The normalized spacial score (nSPS) is 10.0. The van der Waals surface area contributed by atoms with E-state index in [0.29, 0.717) is 29.4 Å². The maximum Gasteiger partial charge on any atom is 0.226 e. The molecule has 2 rings (SSSR count). The van der Waals surface area contributed by atoms with Gasteiger partial charge in [-0.05, 0) is 24.3 Å². The highest BCUT2D eigenvalue weighted by Gasteiger charge is 2.09. The van der Waals surface area contributed by atoms with E-state index < -0.39 is 0 Å². The molecule has 0 bridgehead atoms. The summed E-state index contributed by atoms with van der Waals surface area (Å²) in [6.45, 7) is 0.325. The molecule has 2 aromatic carbocycles. The van der Waals surface area contributed by atoms with Crippen molar-refractivity contribution < 1.29 is 18.7 Å². The van der Waals surface area contributed by atoms with Gasteiger partial charge in [0.2, 0.25) is 5.91 Å². The highest BCUT2D eigenvalue weighted by atomic mass is 19.1. The average molecular weight is 318 g/mol. The lowest BCUT2D eigenvalue weighted by Gasteiger charge is -2.12. The van der Waals surface area contributed by atoms with Gasteiger partial charge in [0.25, 0.3) is 0 Å². The minimum Gasteiger partial charge on any atom is -0.497 e. The van der Waals surface area contributed by atoms with Gasteiger partial charge < -0.3 is 20.1 Å². The zero-order valence-electron chi connectivity index (χ0n) is 13.1. The Kier molecular flexibility index (Phi) is 5.80. The standard InChI is InChI=1S/C17H19FN2O3/c1-22-12-7-8-15(16(11-12)23-2)20-17(21)9-10-19-14-6-4-3-5-13(14)18/h3-8,11,19H,9-10H2,1-2H3,(H,20,21). The number of hydrogen-bond acceptors (Lipinski definition) is 4. The number of ether oxygens (including phenoxy) is 2. The summed E-state index contributed by atoms with van der Waals surface area (Å²) < 4.78 is 23.8. The predicted octanol–water partition coefficient (Wildman–Crippen LogP) is 3.28. The number of benzene rings is 2. The molecule has 23 heavy (non-hydrogen) atoms. The number of rotatable bonds is 7. The number of carbonyl (C=O) groups is 1. The molecule has 2 aromatic rings. The molecule has 0 spiro atoms. The van der Waals surface area contributed by atoms with Crippen LogP contribution in [0, 0.1) is 5.82 Å². The van der Waals surface area contributed by atoms with Crippen molar-refractivity contribution in [2.45, 2.75) is 6.42 Å². The molecule has 0 unspecified atom stereocenters. The summed E-state index contributed by atoms with van der Waals surface area (Å²) in [5.74, 6) is 0.614. The van der Waals surface area contributed by atoms with Crippen molar-refractivity contribution in [3.63, 3.8) is 0 Å². The molecule has 0 atom stereocenters. The third-order valence-electron chi connectivity index (χ3n) is 3.22. The van der Waals surface area contributed by atoms with Crippen LogP contribution in [0.5, 0.6) is 11.5 Å². The summed E-state index contributed by atoms with van der Waals surface area (Å²) in [7, 11) is 3.07. The van der Waals surface area contributed by atoms with Gasteiger partial charge in [-0.3, -0.25) is 4.79 Å². The Balaban J connectivity index is 1.89. The molecule has 0 aliphatic carbocycles. The van der Waals surface area contributed by atoms with E-state index in [4.69, 9.17) is 9.47 Å². The van der Waals surface area contributed by atoms with Crippen LogP contribution in [0.15, 0.2) is 42.5 Å². The maximum absolute atomic E-state index is 13.4. The second-order valence-corrected chi connectivity index (χ2v) is 4.77. The van der Waals surface area contributed by atoms with Crippen LogP contribution in [0.4, 0.5) is 15.8 Å². The molecule has 0 heterocycles. The minimum absolute atomic E-state index is 0.197. The smallest absolute Gasteiger partial charge is 0.226 e. The molecule has 0 saturated carbocycles. The summed E-state index contributed by atoms with van der Waals surface area (Å²) in [5, 5.41) is 5.65. The van der Waals surface area contributed by atoms with Gasteiger partial charge in [0.05, 0.1) is 25.6 Å². The van der Waals surface area contributed by atoms with Gasteiger partial charge in [-0.15, -0.1) is 0 Å². The van der Waals surface area contributed by atoms with E-state index in [-0.39, 0.29) is 18.1 Å². The maximum atomic E-state index is 13.4. The number of carbonyl (C=O) groups excluding carboxylic acids is 1. The van der Waals surface area contributed by atoms with Crippen LogP contribution >= 0.6 is 0 Å². The number of hydrogen-bond donors (Lipinski definition) is 2. The lowest BCUT2D eigenvalue weighted by atomic mass is 10.2. The topological polar surface area (TPSA) is 59.6 Å². The Morgan fingerprint density at radius 3 is 2.57 bits per heavy atom. The molecule has 0 aliphatic rings. The second-order valence-electron chi connectivity index (χ2n) is 4.77. The Morgan fingerprint density at radius 1 is 1.09 bits per heavy atom. The minimum atomic E-state index is -0.343. The van der Waals surface area contributed by atoms with Crippen molar-refractivity contribution in [1.82, 2.24) is 0 Å². The first-order valence-electron chi connectivity index (χ1n) is 7.14. The highest BCUT2D eigenvalue weighted by Crippen LogP contribution is 2.29. The molecule has 6 heteroatoms. The Hall–Kier alpha value is -2.76. The van der Waals surface area contributed by atoms with E-state index >= 15 is 0 Å². The van der Waals surface area contributed by atoms with Crippen molar-refractivity contribution in [1.29, 1.82) is 0 Å². The van der Waals surface area contributed by atoms with Crippen LogP contribution < -0.4 is 20.1 Å². The number of halogens is 1. The van der Waals surface area contributed by atoms with Crippen LogP contribution in [0.3, 0.4) is 0 Å². The van der Waals surface area contributed by atoms with Crippen molar-refractivity contribution in [2.75, 3.05) is 31.4 Å². The van der Waals surface area contributed by atoms with Crippen LogP contribution in [-0.4, -0.2) is 26.7 Å². The molecule has 0 fully saturated rings. The monoisotopic (exact) mass is 318 g/mol. The van der Waals surface area contributed by atoms with Crippen LogP contribution in [0.1, 0.15) is 6.42 Å². The number of para-hydroxylation sites is 1. The average Bonchev–Trinajstić information content (AvgIpc) is 2.57. The summed E-state index contributed by atoms with van der Waals surface area (Å²) in [5.41, 5.74) is 0.937. The zero-order valence-corrected chi connectivity index (χ0v) is 13.1. The van der Waals surface area contributed by atoms with Crippen molar-refractivity contribution in [2.24, 2.45) is 0 Å². The lowest BCUT2D eigenvalue weighted by molar-refractivity contribution is -0.116. The molecule has 2 N–H and O–H groups in total. The molecule has 122 valence electrons. The predicted molar refractivity (Wildman–Crippen MR) is 87.7 cm³/mol. The molecule has 0 radical (unpaired) electrons. The van der Waals surface area contributed by atoms with Gasteiger partial charge in [0.15, 0.2) is 0 Å². The first-order chi connectivity index (χ1) is 11.1. The summed E-state index contributed by atoms with van der Waals surface area (Å²) in [6.07, 6.45) is 0.198. The summed E-state index contributed by atoms with van der Waals surface area (Å²) in [4.78, 5) is 12.0. The summed E-state index contributed by atoms with van der Waals surface area (Å²) >= 11 is 0. The number of nitrogens with one attached hydrogen (secondary N) is 2. The highest BCUT2D eigenvalue weighted by molar-refractivity contribution is 5.92. The van der Waals surface area contributed by atoms with Crippen LogP contribution in [-0.2, 0) is 4.79 Å². The Bertz CT molecular complexity index is 677. The third-order valence-corrected chi connectivity index (χ3v) is 3.22. The fourth-order valence-electron chi connectivity index (χ4n) is 2.03.